The van der Waals surface area contributed by atoms with E-state index in [9.17, 15) is 4.79 Å². The smallest absolute Gasteiger partial charge is 0.338 e. The summed E-state index contributed by atoms with van der Waals surface area (Å²) in [6.45, 7) is 17.9. The topological polar surface area (TPSA) is 26.3 Å². The van der Waals surface area contributed by atoms with Crippen molar-refractivity contribution in [2.24, 2.45) is 0 Å². The third-order valence-electron chi connectivity index (χ3n) is 5.04. The second-order valence-electron chi connectivity index (χ2n) is 9.63. The molecule has 0 saturated heterocycles. The zero-order valence-electron chi connectivity index (χ0n) is 19.9. The van der Waals surface area contributed by atoms with E-state index in [2.05, 4.69) is 110 Å². The fraction of sp³-hybridized carbons (Fsp3) is 0.423. The van der Waals surface area contributed by atoms with Gasteiger partial charge in [-0.15, -0.1) is 0 Å². The average molecular weight is 443 g/mol. The molecule has 2 rings (SSSR count). The molecule has 30 heavy (non-hydrogen) atoms. The molecule has 0 aliphatic heterocycles. The Morgan fingerprint density at radius 1 is 0.800 bits per heavy atom. The summed E-state index contributed by atoms with van der Waals surface area (Å²) in [4.78, 5) is 13.2. The number of carbonyl (C=O) groups is 1. The largest absolute Gasteiger partial charge is 0.465 e. The molecule has 0 aromatic heterocycles. The molecule has 0 heterocycles. The van der Waals surface area contributed by atoms with Gasteiger partial charge >= 0.3 is 5.97 Å². The number of hydrogen-bond acceptors (Lipinski definition) is 2. The summed E-state index contributed by atoms with van der Waals surface area (Å²) in [6, 6.07) is 16.9. The standard InChI is InChI=1S/C26H36O2P2/c1-19-14-10-12-16-21(19)30(22-17-13-11-15-20(22)2)23(24(27)28-9)18-29(25(3,4)5)26(6,7)8/h10-18H,1-9H3/b23-18-. The lowest BCUT2D eigenvalue weighted by molar-refractivity contribution is -0.135. The van der Waals surface area contributed by atoms with Crippen LogP contribution >= 0.6 is 15.8 Å². The van der Waals surface area contributed by atoms with Gasteiger partial charge in [0.15, 0.2) is 0 Å². The van der Waals surface area contributed by atoms with Gasteiger partial charge in [0.25, 0.3) is 0 Å². The molecule has 0 aliphatic rings. The molecule has 2 nitrogen and oxygen atoms in total. The first-order valence-corrected chi connectivity index (χ1v) is 13.1. The van der Waals surface area contributed by atoms with Gasteiger partial charge in [-0.05, 0) is 59.6 Å². The van der Waals surface area contributed by atoms with Gasteiger partial charge in [-0.2, -0.15) is 0 Å². The number of carbonyl (C=O) groups excluding carboxylic acids is 1. The fourth-order valence-electron chi connectivity index (χ4n) is 3.84. The average Bonchev–Trinajstić information content (AvgIpc) is 2.64. The van der Waals surface area contributed by atoms with E-state index in [-0.39, 0.29) is 16.3 Å². The molecular weight excluding hydrogens is 406 g/mol. The van der Waals surface area contributed by atoms with Crippen LogP contribution in [0.5, 0.6) is 0 Å². The van der Waals surface area contributed by atoms with Crippen LogP contribution in [-0.2, 0) is 9.53 Å². The number of ether oxygens (including phenoxy) is 1. The molecule has 0 aliphatic carbocycles. The summed E-state index contributed by atoms with van der Waals surface area (Å²) >= 11 is 0. The van der Waals surface area contributed by atoms with E-state index in [1.165, 1.54) is 28.8 Å². The van der Waals surface area contributed by atoms with Crippen LogP contribution < -0.4 is 10.6 Å². The summed E-state index contributed by atoms with van der Waals surface area (Å²) in [5.41, 5.74) is 2.41. The van der Waals surface area contributed by atoms with Crippen molar-refractivity contribution in [3.63, 3.8) is 0 Å². The van der Waals surface area contributed by atoms with Gasteiger partial charge < -0.3 is 4.74 Å². The second kappa shape index (κ2) is 9.76. The van der Waals surface area contributed by atoms with Crippen LogP contribution in [0.2, 0.25) is 0 Å². The number of hydrogen-bond donors (Lipinski definition) is 0. The monoisotopic (exact) mass is 442 g/mol. The minimum Gasteiger partial charge on any atom is -0.465 e. The lowest BCUT2D eigenvalue weighted by atomic mass is 10.2. The van der Waals surface area contributed by atoms with Crippen LogP contribution in [0, 0.1) is 13.8 Å². The summed E-state index contributed by atoms with van der Waals surface area (Å²) in [5, 5.41) is 3.40. The van der Waals surface area contributed by atoms with Crippen molar-refractivity contribution in [3.8, 4) is 0 Å². The number of aryl methyl sites for hydroxylation is 2. The van der Waals surface area contributed by atoms with E-state index >= 15 is 0 Å². The highest BCUT2D eigenvalue weighted by molar-refractivity contribution is 7.79. The fourth-order valence-corrected chi connectivity index (χ4v) is 10.2. The summed E-state index contributed by atoms with van der Waals surface area (Å²) in [5.74, 6) is 2.07. The Labute approximate surface area is 185 Å². The zero-order chi connectivity index (χ0) is 22.7. The number of esters is 1. The highest BCUT2D eigenvalue weighted by Crippen LogP contribution is 2.63. The predicted octanol–water partition coefficient (Wildman–Crippen LogP) is 6.83. The SMILES string of the molecule is COC(=O)/C(=C/P(C(C)(C)C)C(C)(C)C)P(c1ccccc1C)c1ccccc1C. The maximum Gasteiger partial charge on any atom is 0.338 e. The lowest BCUT2D eigenvalue weighted by Gasteiger charge is -2.40. The van der Waals surface area contributed by atoms with Crippen LogP contribution in [0.15, 0.2) is 59.7 Å². The minimum atomic E-state index is -1.03. The van der Waals surface area contributed by atoms with E-state index in [4.69, 9.17) is 4.74 Å². The Morgan fingerprint density at radius 3 is 1.53 bits per heavy atom. The van der Waals surface area contributed by atoms with Crippen LogP contribution in [0.1, 0.15) is 52.7 Å². The second-order valence-corrected chi connectivity index (χ2v) is 15.4. The molecule has 0 radical (unpaired) electrons. The molecule has 0 atom stereocenters. The molecule has 0 N–H and O–H groups in total. The molecule has 2 aromatic carbocycles. The van der Waals surface area contributed by atoms with Gasteiger partial charge in [0.05, 0.1) is 12.4 Å². The van der Waals surface area contributed by atoms with E-state index in [1.807, 2.05) is 0 Å². The normalized spacial score (nSPS) is 13.1. The molecule has 4 heteroatoms. The maximum atomic E-state index is 13.2. The van der Waals surface area contributed by atoms with Gasteiger partial charge in [0.2, 0.25) is 0 Å². The highest BCUT2D eigenvalue weighted by atomic mass is 31.1. The molecule has 0 spiro atoms. The minimum absolute atomic E-state index is 0.0747. The Balaban J connectivity index is 2.86. The van der Waals surface area contributed by atoms with E-state index < -0.39 is 15.8 Å². The Bertz CT molecular complexity index is 858. The summed E-state index contributed by atoms with van der Waals surface area (Å²) in [7, 11) is -0.129. The van der Waals surface area contributed by atoms with Crippen molar-refractivity contribution >= 4 is 32.4 Å². The maximum absolute atomic E-state index is 13.2. The van der Waals surface area contributed by atoms with Crippen molar-refractivity contribution in [1.82, 2.24) is 0 Å². The van der Waals surface area contributed by atoms with E-state index in [0.29, 0.717) is 0 Å². The molecule has 0 bridgehead atoms. The Hall–Kier alpha value is -1.49. The number of methoxy groups -OCH3 is 1. The van der Waals surface area contributed by atoms with Crippen molar-refractivity contribution in [3.05, 3.63) is 70.8 Å². The summed E-state index contributed by atoms with van der Waals surface area (Å²) < 4.78 is 5.36. The molecule has 162 valence electrons. The first-order valence-electron chi connectivity index (χ1n) is 10.4. The molecule has 0 amide bonds. The van der Waals surface area contributed by atoms with Gasteiger partial charge in [-0.3, -0.25) is 0 Å². The molecule has 0 unspecified atom stereocenters. The van der Waals surface area contributed by atoms with Crippen LogP contribution in [-0.4, -0.2) is 23.4 Å². The van der Waals surface area contributed by atoms with Crippen molar-refractivity contribution in [1.29, 1.82) is 0 Å². The molecule has 0 fully saturated rings. The molecule has 0 saturated carbocycles. The van der Waals surface area contributed by atoms with Crippen LogP contribution in [0.25, 0.3) is 0 Å². The predicted molar refractivity (Wildman–Crippen MR) is 135 cm³/mol. The quantitative estimate of drug-likeness (QED) is 0.288. The first kappa shape index (κ1) is 24.8. The van der Waals surface area contributed by atoms with Crippen molar-refractivity contribution in [2.75, 3.05) is 7.11 Å². The van der Waals surface area contributed by atoms with Crippen molar-refractivity contribution in [2.45, 2.75) is 65.7 Å². The van der Waals surface area contributed by atoms with Crippen molar-refractivity contribution < 1.29 is 9.53 Å². The van der Waals surface area contributed by atoms with Crippen LogP contribution in [0.3, 0.4) is 0 Å². The third kappa shape index (κ3) is 5.81. The van der Waals surface area contributed by atoms with Gasteiger partial charge in [-0.1, -0.05) is 98.0 Å². The van der Waals surface area contributed by atoms with Gasteiger partial charge in [-0.25, -0.2) is 4.79 Å². The molecule has 2 aromatic rings. The van der Waals surface area contributed by atoms with E-state index in [0.717, 1.165) is 5.31 Å². The number of benzene rings is 2. The first-order chi connectivity index (χ1) is 13.9. The number of rotatable bonds is 5. The third-order valence-corrected chi connectivity index (χ3v) is 11.4. The Kier molecular flexibility index (Phi) is 8.06. The highest BCUT2D eigenvalue weighted by Gasteiger charge is 2.36. The van der Waals surface area contributed by atoms with Gasteiger partial charge in [0.1, 0.15) is 0 Å². The lowest BCUT2D eigenvalue weighted by Crippen LogP contribution is -2.26. The Morgan fingerprint density at radius 2 is 1.20 bits per heavy atom. The van der Waals surface area contributed by atoms with Gasteiger partial charge in [0, 0.05) is 0 Å². The summed E-state index contributed by atoms with van der Waals surface area (Å²) in [6.07, 6.45) is 0. The van der Waals surface area contributed by atoms with Crippen LogP contribution in [0.4, 0.5) is 0 Å². The molecular formula is C26H36O2P2. The van der Waals surface area contributed by atoms with E-state index in [1.54, 1.807) is 0 Å². The zero-order valence-corrected chi connectivity index (χ0v) is 21.7.